The molecule has 0 aliphatic rings. The van der Waals surface area contributed by atoms with Crippen LogP contribution in [0.2, 0.25) is 0 Å². The molecule has 0 bridgehead atoms. The van der Waals surface area contributed by atoms with Crippen LogP contribution in [0.4, 0.5) is 4.79 Å². The number of phosphoric ester groups is 1. The minimum atomic E-state index is -5.20. The van der Waals surface area contributed by atoms with Gasteiger partial charge in [0.15, 0.2) is 6.10 Å². The quantitative estimate of drug-likeness (QED) is 0.219. The van der Waals surface area contributed by atoms with Gasteiger partial charge in [-0.05, 0) is 0 Å². The summed E-state index contributed by atoms with van der Waals surface area (Å²) in [4.78, 5) is 38.4. The standard InChI is InChI=1S/C7H14NO11P/c9-1-2(10)3(11)4(12)5(13)6(14)8-7(15)19-20(16,17)18/h2-5,9-13H,1H2,(H,8,14,15)(H2,16,17,18)/t2-,3-,4+,5-/m1/s1. The van der Waals surface area contributed by atoms with Crippen LogP contribution in [0.3, 0.4) is 0 Å². The van der Waals surface area contributed by atoms with Gasteiger partial charge in [-0.3, -0.25) is 19.9 Å². The molecule has 0 aliphatic carbocycles. The lowest BCUT2D eigenvalue weighted by atomic mass is 10.0. The maximum absolute atomic E-state index is 11.2. The number of carbonyl (C=O) groups is 2. The van der Waals surface area contributed by atoms with Gasteiger partial charge in [0, 0.05) is 0 Å². The van der Waals surface area contributed by atoms with E-state index in [1.54, 1.807) is 0 Å². The molecule has 0 unspecified atom stereocenters. The van der Waals surface area contributed by atoms with E-state index in [4.69, 9.17) is 20.0 Å². The zero-order valence-corrected chi connectivity index (χ0v) is 10.6. The Kier molecular flexibility index (Phi) is 7.19. The first kappa shape index (κ1) is 18.9. The largest absolute Gasteiger partial charge is 0.528 e. The summed E-state index contributed by atoms with van der Waals surface area (Å²) in [7, 11) is -5.20. The average Bonchev–Trinajstić information content (AvgIpc) is 2.32. The van der Waals surface area contributed by atoms with Crippen molar-refractivity contribution in [3.05, 3.63) is 0 Å². The highest BCUT2D eigenvalue weighted by Crippen LogP contribution is 2.35. The molecule has 0 saturated heterocycles. The Morgan fingerprint density at radius 1 is 1.10 bits per heavy atom. The minimum Gasteiger partial charge on any atom is -0.394 e. The molecule has 8 N–H and O–H groups in total. The maximum atomic E-state index is 11.2. The highest BCUT2D eigenvalue weighted by atomic mass is 31.2. The van der Waals surface area contributed by atoms with Gasteiger partial charge in [-0.2, -0.15) is 0 Å². The molecule has 12 nitrogen and oxygen atoms in total. The molecule has 4 atom stereocenters. The number of carbonyl (C=O) groups excluding carboxylic acids is 2. The molecular formula is C7H14NO11P. The van der Waals surface area contributed by atoms with E-state index in [2.05, 4.69) is 4.52 Å². The molecule has 0 spiro atoms. The smallest absolute Gasteiger partial charge is 0.394 e. The zero-order chi connectivity index (χ0) is 16.1. The predicted octanol–water partition coefficient (Wildman–Crippen LogP) is -4.23. The van der Waals surface area contributed by atoms with Gasteiger partial charge in [0.2, 0.25) is 0 Å². The zero-order valence-electron chi connectivity index (χ0n) is 9.73. The second kappa shape index (κ2) is 7.61. The fourth-order valence-corrected chi connectivity index (χ4v) is 1.24. The van der Waals surface area contributed by atoms with Crippen molar-refractivity contribution in [2.45, 2.75) is 24.4 Å². The number of imide groups is 1. The van der Waals surface area contributed by atoms with E-state index in [1.165, 1.54) is 5.32 Å². The topological polar surface area (TPSA) is 214 Å². The van der Waals surface area contributed by atoms with Gasteiger partial charge in [0.1, 0.15) is 18.3 Å². The summed E-state index contributed by atoms with van der Waals surface area (Å²) in [6.07, 6.45) is -10.6. The van der Waals surface area contributed by atoms with Crippen LogP contribution in [0, 0.1) is 0 Å². The molecule has 20 heavy (non-hydrogen) atoms. The van der Waals surface area contributed by atoms with Crippen molar-refractivity contribution in [2.24, 2.45) is 0 Å². The van der Waals surface area contributed by atoms with E-state index in [-0.39, 0.29) is 0 Å². The van der Waals surface area contributed by atoms with E-state index in [1.807, 2.05) is 0 Å². The second-order valence-corrected chi connectivity index (χ2v) is 4.70. The lowest BCUT2D eigenvalue weighted by Crippen LogP contribution is -2.52. The van der Waals surface area contributed by atoms with Crippen LogP contribution in [0.1, 0.15) is 0 Å². The minimum absolute atomic E-state index is 0.979. The molecule has 0 aromatic heterocycles. The SMILES string of the molecule is O=C(NC(=O)[C@H](O)[C@@H](O)[C@H](O)[C@H](O)CO)OP(=O)(O)O. The predicted molar refractivity (Wildman–Crippen MR) is 57.8 cm³/mol. The fraction of sp³-hybridized carbons (Fsp3) is 0.714. The summed E-state index contributed by atoms with van der Waals surface area (Å²) < 4.78 is 13.7. The van der Waals surface area contributed by atoms with Crippen LogP contribution in [0.15, 0.2) is 0 Å². The summed E-state index contributed by atoms with van der Waals surface area (Å²) in [5.74, 6) is -1.65. The van der Waals surface area contributed by atoms with E-state index in [0.29, 0.717) is 0 Å². The first-order valence-corrected chi connectivity index (χ1v) is 6.45. The van der Waals surface area contributed by atoms with Crippen molar-refractivity contribution in [1.29, 1.82) is 0 Å². The van der Waals surface area contributed by atoms with Gasteiger partial charge in [-0.1, -0.05) is 0 Å². The average molecular weight is 319 g/mol. The van der Waals surface area contributed by atoms with Crippen LogP contribution < -0.4 is 5.32 Å². The van der Waals surface area contributed by atoms with Crippen molar-refractivity contribution in [1.82, 2.24) is 5.32 Å². The van der Waals surface area contributed by atoms with Crippen molar-refractivity contribution >= 4 is 19.8 Å². The molecule has 0 rings (SSSR count). The number of rotatable bonds is 6. The van der Waals surface area contributed by atoms with Gasteiger partial charge in [0.25, 0.3) is 5.91 Å². The van der Waals surface area contributed by atoms with E-state index in [9.17, 15) is 29.5 Å². The summed E-state index contributed by atoms with van der Waals surface area (Å²) in [6, 6.07) is 0. The molecule has 0 aromatic carbocycles. The number of amides is 2. The first-order chi connectivity index (χ1) is 8.99. The van der Waals surface area contributed by atoms with Crippen molar-refractivity contribution < 1.29 is 54.0 Å². The van der Waals surface area contributed by atoms with Gasteiger partial charge in [0.05, 0.1) is 6.61 Å². The Bertz CT molecular complexity index is 394. The Hall–Kier alpha value is -1.11. The van der Waals surface area contributed by atoms with Crippen molar-refractivity contribution in [2.75, 3.05) is 6.61 Å². The third-order valence-electron chi connectivity index (χ3n) is 1.95. The Morgan fingerprint density at radius 3 is 2.00 bits per heavy atom. The van der Waals surface area contributed by atoms with E-state index >= 15 is 0 Å². The molecule has 0 heterocycles. The maximum Gasteiger partial charge on any atom is 0.528 e. The normalized spacial score (nSPS) is 17.8. The van der Waals surface area contributed by atoms with E-state index in [0.717, 1.165) is 0 Å². The molecule has 118 valence electrons. The molecule has 2 amide bonds. The molecule has 0 aromatic rings. The molecule has 0 radical (unpaired) electrons. The Balaban J connectivity index is 4.55. The van der Waals surface area contributed by atoms with Crippen LogP contribution in [0.25, 0.3) is 0 Å². The van der Waals surface area contributed by atoms with Crippen LogP contribution >= 0.6 is 7.82 Å². The van der Waals surface area contributed by atoms with E-state index < -0.39 is 50.8 Å². The summed E-state index contributed by atoms with van der Waals surface area (Å²) in [6.45, 7) is -0.979. The number of aliphatic hydroxyl groups excluding tert-OH is 5. The lowest BCUT2D eigenvalue weighted by Gasteiger charge is -2.24. The van der Waals surface area contributed by atoms with Crippen molar-refractivity contribution in [3.63, 3.8) is 0 Å². The second-order valence-electron chi connectivity index (χ2n) is 3.53. The monoisotopic (exact) mass is 319 g/mol. The molecule has 0 fully saturated rings. The first-order valence-electron chi connectivity index (χ1n) is 4.92. The number of hydrogen-bond donors (Lipinski definition) is 8. The number of hydrogen-bond acceptors (Lipinski definition) is 9. The third-order valence-corrected chi connectivity index (χ3v) is 2.35. The third kappa shape index (κ3) is 6.36. The summed E-state index contributed by atoms with van der Waals surface area (Å²) in [5, 5.41) is 46.3. The van der Waals surface area contributed by atoms with Crippen LogP contribution in [0.5, 0.6) is 0 Å². The Morgan fingerprint density at radius 2 is 1.60 bits per heavy atom. The Labute approximate surface area is 111 Å². The van der Waals surface area contributed by atoms with Crippen LogP contribution in [-0.2, 0) is 13.9 Å². The lowest BCUT2D eigenvalue weighted by molar-refractivity contribution is -0.148. The number of nitrogens with one attached hydrogen (secondary N) is 1. The summed E-state index contributed by atoms with van der Waals surface area (Å²) >= 11 is 0. The number of phosphoric acid groups is 1. The summed E-state index contributed by atoms with van der Waals surface area (Å²) in [5.41, 5.74) is 0. The fourth-order valence-electron chi connectivity index (χ4n) is 0.983. The molecule has 13 heteroatoms. The number of aliphatic hydroxyl groups is 5. The molecule has 0 aliphatic heterocycles. The van der Waals surface area contributed by atoms with Gasteiger partial charge < -0.3 is 30.1 Å². The van der Waals surface area contributed by atoms with Crippen molar-refractivity contribution in [3.8, 4) is 0 Å². The molecular weight excluding hydrogens is 305 g/mol. The highest BCUT2D eigenvalue weighted by Gasteiger charge is 2.35. The van der Waals surface area contributed by atoms with Gasteiger partial charge in [-0.15, -0.1) is 0 Å². The van der Waals surface area contributed by atoms with Gasteiger partial charge >= 0.3 is 13.9 Å². The highest BCUT2D eigenvalue weighted by molar-refractivity contribution is 7.46. The van der Waals surface area contributed by atoms with Crippen LogP contribution in [-0.4, -0.2) is 78.3 Å². The van der Waals surface area contributed by atoms with Gasteiger partial charge in [-0.25, -0.2) is 9.36 Å². The molecule has 0 saturated carbocycles.